The Morgan fingerprint density at radius 3 is 2.63 bits per heavy atom. The van der Waals surface area contributed by atoms with Crippen molar-refractivity contribution in [1.82, 2.24) is 5.09 Å². The molecule has 1 unspecified atom stereocenters. The number of nitrogens with one attached hydrogen (secondary N) is 1. The van der Waals surface area contributed by atoms with Crippen molar-refractivity contribution in [3.8, 4) is 12.3 Å². The molecule has 0 amide bonds. The topological polar surface area (TPSA) is 64.6 Å². The van der Waals surface area contributed by atoms with Crippen molar-refractivity contribution >= 4 is 13.5 Å². The predicted molar refractivity (Wildman–Crippen MR) is 71.0 cm³/mol. The van der Waals surface area contributed by atoms with Crippen molar-refractivity contribution in [3.05, 3.63) is 23.7 Å². The van der Waals surface area contributed by atoms with Crippen LogP contribution in [0.5, 0.6) is 0 Å². The molecule has 19 heavy (non-hydrogen) atoms. The van der Waals surface area contributed by atoms with Crippen LogP contribution in [-0.2, 0) is 18.6 Å². The van der Waals surface area contributed by atoms with Crippen LogP contribution < -0.4 is 5.09 Å². The van der Waals surface area contributed by atoms with Gasteiger partial charge in [-0.25, -0.2) is 9.48 Å². The molecule has 5 nitrogen and oxygen atoms in total. The smallest absolute Gasteiger partial charge is 0.323 e. The number of methoxy groups -OCH3 is 1. The number of carbonyl (C=O) groups is 1. The predicted octanol–water partition coefficient (Wildman–Crippen LogP) is 2.37. The Morgan fingerprint density at radius 1 is 1.58 bits per heavy atom. The molecule has 106 valence electrons. The second-order valence-corrected chi connectivity index (χ2v) is 5.85. The van der Waals surface area contributed by atoms with Crippen molar-refractivity contribution in [2.75, 3.05) is 13.8 Å². The maximum absolute atomic E-state index is 13.4. The van der Waals surface area contributed by atoms with Crippen LogP contribution in [0.15, 0.2) is 23.7 Å². The molecule has 2 atom stereocenters. The van der Waals surface area contributed by atoms with E-state index in [4.69, 9.17) is 10.9 Å². The molecule has 0 aliphatic carbocycles. The van der Waals surface area contributed by atoms with Gasteiger partial charge in [-0.1, -0.05) is 5.92 Å². The molecule has 0 fully saturated rings. The van der Waals surface area contributed by atoms with Gasteiger partial charge >= 0.3 is 13.5 Å². The van der Waals surface area contributed by atoms with E-state index >= 15 is 0 Å². The van der Waals surface area contributed by atoms with E-state index in [1.165, 1.54) is 27.6 Å². The molecular weight excluding hydrogens is 272 g/mol. The Hall–Kier alpha value is -1.57. The summed E-state index contributed by atoms with van der Waals surface area (Å²) in [5, 5.41) is 2.44. The third-order valence-corrected chi connectivity index (χ3v) is 3.43. The third kappa shape index (κ3) is 6.80. The highest BCUT2D eigenvalue weighted by Crippen LogP contribution is 2.41. The first-order valence-corrected chi connectivity index (χ1v) is 7.42. The number of carbonyl (C=O) groups excluding carboxylic acids is 1. The fourth-order valence-electron chi connectivity index (χ4n) is 1.15. The van der Waals surface area contributed by atoms with Gasteiger partial charge in [0, 0.05) is 6.66 Å². The normalized spacial score (nSPS) is 17.1. The van der Waals surface area contributed by atoms with Crippen molar-refractivity contribution in [3.63, 3.8) is 0 Å². The van der Waals surface area contributed by atoms with Gasteiger partial charge in [0.1, 0.15) is 11.8 Å². The molecule has 0 spiro atoms. The molecule has 0 aromatic carbocycles. The number of rotatable bonds is 6. The van der Waals surface area contributed by atoms with Crippen LogP contribution in [0.25, 0.3) is 0 Å². The molecule has 0 aliphatic heterocycles. The second-order valence-electron chi connectivity index (χ2n) is 3.72. The number of esters is 1. The lowest BCUT2D eigenvalue weighted by atomic mass is 10.4. The minimum atomic E-state index is -3.39. The highest BCUT2D eigenvalue weighted by atomic mass is 31.2. The van der Waals surface area contributed by atoms with E-state index in [1.54, 1.807) is 0 Å². The van der Waals surface area contributed by atoms with Crippen LogP contribution in [0.1, 0.15) is 13.8 Å². The van der Waals surface area contributed by atoms with Crippen LogP contribution in [-0.4, -0.2) is 25.8 Å². The quantitative estimate of drug-likeness (QED) is 0.267. The minimum Gasteiger partial charge on any atom is -0.468 e. The zero-order valence-corrected chi connectivity index (χ0v) is 12.2. The number of allylic oxidation sites excluding steroid dienone is 4. The fraction of sp³-hybridized carbons (Fsp3) is 0.417. The van der Waals surface area contributed by atoms with E-state index in [-0.39, 0.29) is 5.76 Å². The summed E-state index contributed by atoms with van der Waals surface area (Å²) in [5.41, 5.74) is 0. The van der Waals surface area contributed by atoms with Crippen LogP contribution >= 0.6 is 7.52 Å². The molecule has 0 aliphatic rings. The molecule has 0 rings (SSSR count). The average molecular weight is 289 g/mol. The van der Waals surface area contributed by atoms with Crippen LogP contribution in [0.3, 0.4) is 0 Å². The zero-order valence-electron chi connectivity index (χ0n) is 11.3. The Labute approximate surface area is 112 Å². The highest BCUT2D eigenvalue weighted by molar-refractivity contribution is 7.56. The molecular formula is C12H17FNO4P. The van der Waals surface area contributed by atoms with E-state index in [0.717, 1.165) is 12.2 Å². The largest absolute Gasteiger partial charge is 0.468 e. The van der Waals surface area contributed by atoms with Crippen LogP contribution in [0, 0.1) is 12.3 Å². The Balaban J connectivity index is 4.79. The lowest BCUT2D eigenvalue weighted by molar-refractivity contribution is -0.142. The summed E-state index contributed by atoms with van der Waals surface area (Å²) in [6.07, 6.45) is 7.09. The van der Waals surface area contributed by atoms with Gasteiger partial charge in [-0.3, -0.25) is 9.36 Å². The summed E-state index contributed by atoms with van der Waals surface area (Å²) in [6, 6.07) is -0.835. The summed E-state index contributed by atoms with van der Waals surface area (Å²) in [6.45, 7) is 3.99. The maximum Gasteiger partial charge on any atom is 0.323 e. The number of hydrogen-bond acceptors (Lipinski definition) is 4. The molecule has 0 heterocycles. The Bertz CT molecular complexity index is 479. The van der Waals surface area contributed by atoms with Gasteiger partial charge < -0.3 is 9.26 Å². The first-order valence-electron chi connectivity index (χ1n) is 5.35. The van der Waals surface area contributed by atoms with Crippen LogP contribution in [0.2, 0.25) is 0 Å². The van der Waals surface area contributed by atoms with E-state index in [9.17, 15) is 13.8 Å². The lowest BCUT2D eigenvalue weighted by Gasteiger charge is -2.20. The van der Waals surface area contributed by atoms with Gasteiger partial charge in [0.25, 0.3) is 0 Å². The first-order chi connectivity index (χ1) is 8.73. The number of halogens is 1. The summed E-state index contributed by atoms with van der Waals surface area (Å²) in [4.78, 5) is 11.2. The molecule has 0 aromatic rings. The molecule has 1 N–H and O–H groups in total. The van der Waals surface area contributed by atoms with Crippen molar-refractivity contribution < 1.29 is 23.0 Å². The second kappa shape index (κ2) is 7.78. The molecule has 0 saturated heterocycles. The molecule has 7 heteroatoms. The number of hydrogen-bond donors (Lipinski definition) is 1. The van der Waals surface area contributed by atoms with E-state index < -0.39 is 25.4 Å². The molecule has 0 aromatic heterocycles. The van der Waals surface area contributed by atoms with Crippen molar-refractivity contribution in [2.24, 2.45) is 0 Å². The van der Waals surface area contributed by atoms with E-state index in [0.29, 0.717) is 0 Å². The standard InChI is InChI=1S/C12H17FNO4P/c1-6-7-8-11(13)10(3)18-19(5,16)14-9(2)12(15)17-4/h1,7-9H,2-5H3,(H,14,16)/b8-7-,11-10-/t9-,19?/m0/s1. The minimum absolute atomic E-state index is 0.193. The molecule has 0 saturated carbocycles. The van der Waals surface area contributed by atoms with Crippen LogP contribution in [0.4, 0.5) is 4.39 Å². The molecule has 0 bridgehead atoms. The van der Waals surface area contributed by atoms with Gasteiger partial charge in [-0.05, 0) is 26.0 Å². The van der Waals surface area contributed by atoms with Gasteiger partial charge in [-0.15, -0.1) is 6.42 Å². The van der Waals surface area contributed by atoms with Gasteiger partial charge in [0.15, 0.2) is 5.83 Å². The van der Waals surface area contributed by atoms with Gasteiger partial charge in [-0.2, -0.15) is 0 Å². The van der Waals surface area contributed by atoms with E-state index in [1.807, 2.05) is 0 Å². The first kappa shape index (κ1) is 17.4. The summed E-state index contributed by atoms with van der Waals surface area (Å²) in [5.74, 6) is 0.582. The number of terminal acetylenes is 1. The lowest BCUT2D eigenvalue weighted by Crippen LogP contribution is -2.32. The zero-order chi connectivity index (χ0) is 15.1. The highest BCUT2D eigenvalue weighted by Gasteiger charge is 2.25. The Kier molecular flexibility index (Phi) is 7.13. The molecule has 0 radical (unpaired) electrons. The summed E-state index contributed by atoms with van der Waals surface area (Å²) < 4.78 is 34.9. The van der Waals surface area contributed by atoms with Crippen molar-refractivity contribution in [1.29, 1.82) is 0 Å². The monoisotopic (exact) mass is 289 g/mol. The maximum atomic E-state index is 13.4. The Morgan fingerprint density at radius 2 is 2.16 bits per heavy atom. The average Bonchev–Trinajstić information content (AvgIpc) is 2.33. The van der Waals surface area contributed by atoms with Crippen molar-refractivity contribution in [2.45, 2.75) is 19.9 Å². The third-order valence-electron chi connectivity index (χ3n) is 1.96. The SMILES string of the molecule is C#C/C=C\C(F)=C(/C)OP(C)(=O)N[C@@H](C)C(=O)OC. The van der Waals surface area contributed by atoms with E-state index in [2.05, 4.69) is 15.7 Å². The number of ether oxygens (including phenoxy) is 1. The van der Waals surface area contributed by atoms with Gasteiger partial charge in [0.2, 0.25) is 0 Å². The summed E-state index contributed by atoms with van der Waals surface area (Å²) in [7, 11) is -2.19. The van der Waals surface area contributed by atoms with Gasteiger partial charge in [0.05, 0.1) is 7.11 Å². The summed E-state index contributed by atoms with van der Waals surface area (Å²) >= 11 is 0. The fourth-order valence-corrected chi connectivity index (χ4v) is 2.62.